The van der Waals surface area contributed by atoms with E-state index in [0.29, 0.717) is 18.0 Å². The monoisotopic (exact) mass is 345 g/mol. The lowest BCUT2D eigenvalue weighted by atomic mass is 10.2. The van der Waals surface area contributed by atoms with Gasteiger partial charge in [-0.25, -0.2) is 0 Å². The van der Waals surface area contributed by atoms with E-state index in [1.807, 2.05) is 6.92 Å². The van der Waals surface area contributed by atoms with Gasteiger partial charge < -0.3 is 10.1 Å². The van der Waals surface area contributed by atoms with Crippen molar-refractivity contribution in [3.05, 3.63) is 62.6 Å². The van der Waals surface area contributed by atoms with Crippen molar-refractivity contribution in [1.29, 1.82) is 0 Å². The van der Waals surface area contributed by atoms with E-state index < -0.39 is 22.4 Å². The van der Waals surface area contributed by atoms with Crippen molar-refractivity contribution in [2.75, 3.05) is 11.9 Å². The van der Waals surface area contributed by atoms with Crippen molar-refractivity contribution in [3.63, 3.8) is 0 Å². The maximum Gasteiger partial charge on any atom is 0.288 e. The van der Waals surface area contributed by atoms with Crippen molar-refractivity contribution in [1.82, 2.24) is 4.57 Å². The number of benzene rings is 1. The van der Waals surface area contributed by atoms with Crippen molar-refractivity contribution in [2.45, 2.75) is 26.8 Å². The third kappa shape index (κ3) is 4.03. The fraction of sp³-hybridized carbons (Fsp3) is 0.294. The van der Waals surface area contributed by atoms with Crippen LogP contribution in [0, 0.1) is 17.0 Å². The van der Waals surface area contributed by atoms with E-state index in [2.05, 4.69) is 5.32 Å². The van der Waals surface area contributed by atoms with E-state index in [1.165, 1.54) is 13.8 Å². The van der Waals surface area contributed by atoms with Crippen LogP contribution < -0.4 is 15.6 Å². The molecular formula is C17H19N3O5. The molecule has 132 valence electrons. The van der Waals surface area contributed by atoms with Gasteiger partial charge in [-0.2, -0.15) is 0 Å². The molecule has 0 spiro atoms. The van der Waals surface area contributed by atoms with Crippen LogP contribution in [0.1, 0.15) is 25.6 Å². The second-order valence-corrected chi connectivity index (χ2v) is 5.39. The third-order valence-corrected chi connectivity index (χ3v) is 3.75. The molecule has 0 aliphatic carbocycles. The van der Waals surface area contributed by atoms with E-state index in [9.17, 15) is 19.7 Å². The van der Waals surface area contributed by atoms with Crippen LogP contribution in [0.4, 0.5) is 11.4 Å². The van der Waals surface area contributed by atoms with Gasteiger partial charge in [0.05, 0.1) is 17.2 Å². The van der Waals surface area contributed by atoms with Gasteiger partial charge in [0, 0.05) is 17.8 Å². The SMILES string of the molecule is CCOc1ccc(NC(=O)C(C)n2c(C)c([N+](=O)[O-])ccc2=O)cc1. The molecule has 0 radical (unpaired) electrons. The fourth-order valence-electron chi connectivity index (χ4n) is 2.48. The molecule has 0 saturated carbocycles. The van der Waals surface area contributed by atoms with Crippen molar-refractivity contribution in [2.24, 2.45) is 0 Å². The summed E-state index contributed by atoms with van der Waals surface area (Å²) in [4.78, 5) is 35.0. The Bertz CT molecular complexity index is 842. The van der Waals surface area contributed by atoms with E-state index in [0.717, 1.165) is 16.7 Å². The molecule has 0 aliphatic rings. The summed E-state index contributed by atoms with van der Waals surface area (Å²) in [6.07, 6.45) is 0. The lowest BCUT2D eigenvalue weighted by molar-refractivity contribution is -0.386. The summed E-state index contributed by atoms with van der Waals surface area (Å²) in [7, 11) is 0. The molecule has 2 rings (SSSR count). The Morgan fingerprint density at radius 1 is 1.28 bits per heavy atom. The van der Waals surface area contributed by atoms with Gasteiger partial charge in [-0.05, 0) is 45.0 Å². The van der Waals surface area contributed by atoms with Crippen LogP contribution in [0.25, 0.3) is 0 Å². The van der Waals surface area contributed by atoms with E-state index in [4.69, 9.17) is 4.74 Å². The van der Waals surface area contributed by atoms with E-state index in [1.54, 1.807) is 24.3 Å². The normalized spacial score (nSPS) is 11.6. The van der Waals surface area contributed by atoms with Crippen molar-refractivity contribution < 1.29 is 14.5 Å². The second kappa shape index (κ2) is 7.61. The first kappa shape index (κ1) is 18.2. The minimum atomic E-state index is -0.904. The van der Waals surface area contributed by atoms with Crippen LogP contribution in [0.2, 0.25) is 0 Å². The largest absolute Gasteiger partial charge is 0.494 e. The molecule has 1 aromatic carbocycles. The molecule has 2 aromatic rings. The second-order valence-electron chi connectivity index (χ2n) is 5.39. The molecule has 1 heterocycles. The highest BCUT2D eigenvalue weighted by Gasteiger charge is 2.23. The van der Waals surface area contributed by atoms with Crippen LogP contribution in [0.3, 0.4) is 0 Å². The van der Waals surface area contributed by atoms with Crippen LogP contribution in [-0.2, 0) is 4.79 Å². The Kier molecular flexibility index (Phi) is 5.53. The number of pyridine rings is 1. The first-order valence-corrected chi connectivity index (χ1v) is 7.75. The van der Waals surface area contributed by atoms with Gasteiger partial charge in [0.15, 0.2) is 0 Å². The first-order chi connectivity index (χ1) is 11.8. The van der Waals surface area contributed by atoms with Crippen molar-refractivity contribution >= 4 is 17.3 Å². The average molecular weight is 345 g/mol. The number of amides is 1. The van der Waals surface area contributed by atoms with Crippen LogP contribution >= 0.6 is 0 Å². The summed E-state index contributed by atoms with van der Waals surface area (Å²) in [6, 6.07) is 8.12. The number of ether oxygens (including phenoxy) is 1. The minimum absolute atomic E-state index is 0.131. The van der Waals surface area contributed by atoms with Gasteiger partial charge in [0.1, 0.15) is 11.8 Å². The molecule has 1 unspecified atom stereocenters. The highest BCUT2D eigenvalue weighted by Crippen LogP contribution is 2.20. The van der Waals surface area contributed by atoms with Crippen molar-refractivity contribution in [3.8, 4) is 5.75 Å². The van der Waals surface area contributed by atoms with Gasteiger partial charge in [-0.1, -0.05) is 0 Å². The molecule has 0 bridgehead atoms. The summed E-state index contributed by atoms with van der Waals surface area (Å²) < 4.78 is 6.44. The molecule has 0 aliphatic heterocycles. The fourth-order valence-corrected chi connectivity index (χ4v) is 2.48. The molecule has 1 atom stereocenters. The zero-order chi connectivity index (χ0) is 18.6. The van der Waals surface area contributed by atoms with Gasteiger partial charge >= 0.3 is 0 Å². The smallest absolute Gasteiger partial charge is 0.288 e. The molecule has 0 saturated heterocycles. The summed E-state index contributed by atoms with van der Waals surface area (Å²) >= 11 is 0. The zero-order valence-electron chi connectivity index (χ0n) is 14.2. The quantitative estimate of drug-likeness (QED) is 0.640. The van der Waals surface area contributed by atoms with E-state index in [-0.39, 0.29) is 11.4 Å². The Balaban J connectivity index is 2.24. The maximum atomic E-state index is 12.4. The number of carbonyl (C=O) groups excluding carboxylic acids is 1. The lowest BCUT2D eigenvalue weighted by Gasteiger charge is -2.17. The highest BCUT2D eigenvalue weighted by atomic mass is 16.6. The molecule has 0 fully saturated rings. The Labute approximate surface area is 144 Å². The van der Waals surface area contributed by atoms with Gasteiger partial charge in [0.25, 0.3) is 11.2 Å². The number of rotatable bonds is 6. The number of hydrogen-bond acceptors (Lipinski definition) is 5. The molecule has 8 nitrogen and oxygen atoms in total. The third-order valence-electron chi connectivity index (χ3n) is 3.75. The number of hydrogen-bond donors (Lipinski definition) is 1. The molecule has 1 N–H and O–H groups in total. The summed E-state index contributed by atoms with van der Waals surface area (Å²) in [5.41, 5.74) is -0.0129. The molecule has 8 heteroatoms. The number of aromatic nitrogens is 1. The predicted molar refractivity (Wildman–Crippen MR) is 93.0 cm³/mol. The van der Waals surface area contributed by atoms with Gasteiger partial charge in [0.2, 0.25) is 5.91 Å². The summed E-state index contributed by atoms with van der Waals surface area (Å²) in [6.45, 7) is 5.37. The Morgan fingerprint density at radius 2 is 1.92 bits per heavy atom. The van der Waals surface area contributed by atoms with E-state index >= 15 is 0 Å². The molecular weight excluding hydrogens is 326 g/mol. The molecule has 1 amide bonds. The van der Waals surface area contributed by atoms with Gasteiger partial charge in [-0.15, -0.1) is 0 Å². The van der Waals surface area contributed by atoms with Gasteiger partial charge in [-0.3, -0.25) is 24.3 Å². The summed E-state index contributed by atoms with van der Waals surface area (Å²) in [5.74, 6) is 0.231. The Hall–Kier alpha value is -3.16. The number of nitrogens with one attached hydrogen (secondary N) is 1. The number of carbonyl (C=O) groups is 1. The topological polar surface area (TPSA) is 103 Å². The number of nitrogens with zero attached hydrogens (tertiary/aromatic N) is 2. The predicted octanol–water partition coefficient (Wildman–Crippen LogP) is 2.66. The Morgan fingerprint density at radius 3 is 2.48 bits per heavy atom. The summed E-state index contributed by atoms with van der Waals surface area (Å²) in [5, 5.41) is 13.7. The maximum absolute atomic E-state index is 12.4. The number of anilines is 1. The van der Waals surface area contributed by atoms with Crippen LogP contribution in [0.15, 0.2) is 41.2 Å². The minimum Gasteiger partial charge on any atom is -0.494 e. The lowest BCUT2D eigenvalue weighted by Crippen LogP contribution is -2.33. The number of nitro groups is 1. The first-order valence-electron chi connectivity index (χ1n) is 7.75. The zero-order valence-corrected chi connectivity index (χ0v) is 14.2. The molecule has 1 aromatic heterocycles. The van der Waals surface area contributed by atoms with Crippen LogP contribution in [0.5, 0.6) is 5.75 Å². The molecule has 25 heavy (non-hydrogen) atoms. The standard InChI is InChI=1S/C17H19N3O5/c1-4-25-14-7-5-13(6-8-14)18-17(22)12(3)19-11(2)15(20(23)24)9-10-16(19)21/h5-10,12H,4H2,1-3H3,(H,18,22). The highest BCUT2D eigenvalue weighted by molar-refractivity contribution is 5.93. The average Bonchev–Trinajstić information content (AvgIpc) is 2.56. The van der Waals surface area contributed by atoms with Crippen LogP contribution in [-0.4, -0.2) is 22.0 Å².